The summed E-state index contributed by atoms with van der Waals surface area (Å²) in [6.07, 6.45) is 2.30. The fourth-order valence-electron chi connectivity index (χ4n) is 4.82. The third-order valence-corrected chi connectivity index (χ3v) is 6.14. The summed E-state index contributed by atoms with van der Waals surface area (Å²) in [6.45, 7) is 4.98. The van der Waals surface area contributed by atoms with Gasteiger partial charge in [0.2, 0.25) is 0 Å². The largest absolute Gasteiger partial charge is 0.483 e. The van der Waals surface area contributed by atoms with Crippen molar-refractivity contribution in [3.05, 3.63) is 59.2 Å². The Labute approximate surface area is 175 Å². The molecule has 2 aromatic carbocycles. The first-order chi connectivity index (χ1) is 14.4. The lowest BCUT2D eigenvalue weighted by molar-refractivity contribution is -0.140. The Kier molecular flexibility index (Phi) is 4.27. The first kappa shape index (κ1) is 19.0. The number of hydrogen-bond acceptors (Lipinski definition) is 5. The molecule has 1 atom stereocenters. The Morgan fingerprint density at radius 2 is 1.97 bits per heavy atom. The maximum absolute atomic E-state index is 13.0. The van der Waals surface area contributed by atoms with Gasteiger partial charge in [0.25, 0.3) is 5.91 Å². The number of esters is 1. The number of hydrogen-bond donors (Lipinski definition) is 0. The molecule has 0 aromatic heterocycles. The standard InChI is InChI=1S/C24H25NO5/c1-23(2)13-16-7-5-10-19(21(16)29-23)28-14-20(26)25-12-6-11-24(15-25)18-9-4-3-8-17(18)22(27)30-24/h3-5,7-10H,6,11-15H2,1-2H3. The minimum Gasteiger partial charge on any atom is -0.483 e. The number of piperidine rings is 1. The van der Waals surface area contributed by atoms with Crippen LogP contribution >= 0.6 is 0 Å². The number of para-hydroxylation sites is 1. The molecule has 1 unspecified atom stereocenters. The molecule has 0 radical (unpaired) electrons. The van der Waals surface area contributed by atoms with Crippen molar-refractivity contribution in [2.45, 2.75) is 44.3 Å². The number of carbonyl (C=O) groups excluding carboxylic acids is 2. The molecular formula is C24H25NO5. The van der Waals surface area contributed by atoms with E-state index in [2.05, 4.69) is 0 Å². The predicted molar refractivity (Wildman–Crippen MR) is 110 cm³/mol. The monoisotopic (exact) mass is 407 g/mol. The van der Waals surface area contributed by atoms with Gasteiger partial charge in [-0.05, 0) is 38.8 Å². The van der Waals surface area contributed by atoms with Crippen LogP contribution in [0, 0.1) is 0 Å². The highest BCUT2D eigenvalue weighted by Gasteiger charge is 2.48. The first-order valence-electron chi connectivity index (χ1n) is 10.4. The molecule has 3 aliphatic rings. The molecule has 30 heavy (non-hydrogen) atoms. The van der Waals surface area contributed by atoms with E-state index < -0.39 is 5.60 Å². The van der Waals surface area contributed by atoms with E-state index in [9.17, 15) is 9.59 Å². The van der Waals surface area contributed by atoms with Gasteiger partial charge in [-0.25, -0.2) is 4.79 Å². The molecule has 6 nitrogen and oxygen atoms in total. The third-order valence-electron chi connectivity index (χ3n) is 6.14. The zero-order valence-electron chi connectivity index (χ0n) is 17.3. The molecule has 6 heteroatoms. The Hall–Kier alpha value is -3.02. The van der Waals surface area contributed by atoms with Gasteiger partial charge in [-0.3, -0.25) is 4.79 Å². The average molecular weight is 407 g/mol. The summed E-state index contributed by atoms with van der Waals surface area (Å²) in [7, 11) is 0. The van der Waals surface area contributed by atoms with Crippen LogP contribution in [-0.2, 0) is 21.6 Å². The van der Waals surface area contributed by atoms with Crippen molar-refractivity contribution in [1.29, 1.82) is 0 Å². The molecule has 0 aliphatic carbocycles. The van der Waals surface area contributed by atoms with Gasteiger partial charge in [-0.2, -0.15) is 0 Å². The normalized spacial score (nSPS) is 23.5. The summed E-state index contributed by atoms with van der Waals surface area (Å²) in [5.41, 5.74) is 1.55. The van der Waals surface area contributed by atoms with Crippen molar-refractivity contribution in [3.8, 4) is 11.5 Å². The second kappa shape index (κ2) is 6.76. The molecule has 0 N–H and O–H groups in total. The number of rotatable bonds is 3. The van der Waals surface area contributed by atoms with Crippen LogP contribution in [0.2, 0.25) is 0 Å². The molecule has 3 aliphatic heterocycles. The minimum atomic E-state index is -0.747. The van der Waals surface area contributed by atoms with Crippen molar-refractivity contribution in [3.63, 3.8) is 0 Å². The van der Waals surface area contributed by atoms with E-state index in [4.69, 9.17) is 14.2 Å². The molecule has 0 bridgehead atoms. The molecule has 1 amide bonds. The second-order valence-corrected chi connectivity index (χ2v) is 8.92. The molecule has 1 saturated heterocycles. The summed E-state index contributed by atoms with van der Waals surface area (Å²) in [5, 5.41) is 0. The third kappa shape index (κ3) is 3.11. The number of likely N-dealkylation sites (tertiary alicyclic amines) is 1. The smallest absolute Gasteiger partial charge is 0.339 e. The second-order valence-electron chi connectivity index (χ2n) is 8.92. The fraction of sp³-hybridized carbons (Fsp3) is 0.417. The van der Waals surface area contributed by atoms with E-state index >= 15 is 0 Å². The fourth-order valence-corrected chi connectivity index (χ4v) is 4.82. The van der Waals surface area contributed by atoms with Gasteiger partial charge >= 0.3 is 5.97 Å². The number of ether oxygens (including phenoxy) is 3. The van der Waals surface area contributed by atoms with Crippen LogP contribution in [0.4, 0.5) is 0 Å². The zero-order chi connectivity index (χ0) is 20.9. The molecule has 1 spiro atoms. The van der Waals surface area contributed by atoms with Crippen LogP contribution in [0.25, 0.3) is 0 Å². The van der Waals surface area contributed by atoms with Gasteiger partial charge in [0.15, 0.2) is 23.7 Å². The van der Waals surface area contributed by atoms with E-state index in [1.54, 1.807) is 11.0 Å². The molecular weight excluding hydrogens is 382 g/mol. The number of carbonyl (C=O) groups is 2. The molecule has 5 rings (SSSR count). The Bertz CT molecular complexity index is 1030. The van der Waals surface area contributed by atoms with Crippen molar-refractivity contribution in [2.24, 2.45) is 0 Å². The van der Waals surface area contributed by atoms with E-state index in [1.807, 2.05) is 50.2 Å². The van der Waals surface area contributed by atoms with Crippen LogP contribution in [0.3, 0.4) is 0 Å². The molecule has 3 heterocycles. The predicted octanol–water partition coefficient (Wildman–Crippen LogP) is 3.47. The minimum absolute atomic E-state index is 0.0775. The first-order valence-corrected chi connectivity index (χ1v) is 10.4. The van der Waals surface area contributed by atoms with Gasteiger partial charge in [0, 0.05) is 24.1 Å². The van der Waals surface area contributed by atoms with E-state index in [0.29, 0.717) is 24.4 Å². The maximum Gasteiger partial charge on any atom is 0.339 e. The SMILES string of the molecule is CC1(C)Cc2cccc(OCC(=O)N3CCCC4(C3)OC(=O)c3ccccc34)c2O1. The van der Waals surface area contributed by atoms with Gasteiger partial charge in [0.05, 0.1) is 12.1 Å². The Morgan fingerprint density at radius 1 is 1.13 bits per heavy atom. The summed E-state index contributed by atoms with van der Waals surface area (Å²) in [6, 6.07) is 13.2. The molecule has 2 aromatic rings. The average Bonchev–Trinajstić information content (AvgIpc) is 3.19. The molecule has 1 fully saturated rings. The Morgan fingerprint density at radius 3 is 2.83 bits per heavy atom. The Balaban J connectivity index is 1.30. The number of nitrogens with zero attached hydrogens (tertiary/aromatic N) is 1. The number of fused-ring (bicyclic) bond motifs is 3. The number of amides is 1. The van der Waals surface area contributed by atoms with E-state index in [-0.39, 0.29) is 24.1 Å². The molecule has 0 saturated carbocycles. The van der Waals surface area contributed by atoms with Gasteiger partial charge in [0.1, 0.15) is 5.60 Å². The highest BCUT2D eigenvalue weighted by Crippen LogP contribution is 2.43. The zero-order valence-corrected chi connectivity index (χ0v) is 17.3. The number of benzene rings is 2. The summed E-state index contributed by atoms with van der Waals surface area (Å²) >= 11 is 0. The summed E-state index contributed by atoms with van der Waals surface area (Å²) < 4.78 is 17.7. The lowest BCUT2D eigenvalue weighted by Crippen LogP contribution is -2.50. The van der Waals surface area contributed by atoms with Crippen LogP contribution in [0.5, 0.6) is 11.5 Å². The van der Waals surface area contributed by atoms with Gasteiger partial charge in [-0.1, -0.05) is 30.3 Å². The van der Waals surface area contributed by atoms with Gasteiger partial charge in [-0.15, -0.1) is 0 Å². The van der Waals surface area contributed by atoms with Gasteiger partial charge < -0.3 is 19.1 Å². The maximum atomic E-state index is 13.0. The van der Waals surface area contributed by atoms with Crippen LogP contribution in [0.15, 0.2) is 42.5 Å². The highest BCUT2D eigenvalue weighted by molar-refractivity contribution is 5.95. The van der Waals surface area contributed by atoms with Crippen molar-refractivity contribution < 1.29 is 23.8 Å². The lowest BCUT2D eigenvalue weighted by Gasteiger charge is -2.39. The summed E-state index contributed by atoms with van der Waals surface area (Å²) in [5.74, 6) is 0.889. The van der Waals surface area contributed by atoms with Crippen LogP contribution in [-0.4, -0.2) is 42.1 Å². The van der Waals surface area contributed by atoms with Crippen LogP contribution in [0.1, 0.15) is 48.2 Å². The van der Waals surface area contributed by atoms with Crippen molar-refractivity contribution in [2.75, 3.05) is 19.7 Å². The topological polar surface area (TPSA) is 65.1 Å². The summed E-state index contributed by atoms with van der Waals surface area (Å²) in [4.78, 5) is 27.0. The quantitative estimate of drug-likeness (QED) is 0.729. The molecule has 156 valence electrons. The van der Waals surface area contributed by atoms with Crippen LogP contribution < -0.4 is 9.47 Å². The highest BCUT2D eigenvalue weighted by atomic mass is 16.6. The van der Waals surface area contributed by atoms with Crippen molar-refractivity contribution in [1.82, 2.24) is 4.90 Å². The van der Waals surface area contributed by atoms with Crippen molar-refractivity contribution >= 4 is 11.9 Å². The van der Waals surface area contributed by atoms with E-state index in [0.717, 1.165) is 36.1 Å². The van der Waals surface area contributed by atoms with E-state index in [1.165, 1.54) is 0 Å². The lowest BCUT2D eigenvalue weighted by atomic mass is 9.85.